The third kappa shape index (κ3) is 62.4. The maximum Gasteiger partial charge on any atom is 4.00 e. The second-order valence-electron chi connectivity index (χ2n) is 0.447. The summed E-state index contributed by atoms with van der Waals surface area (Å²) in [5, 5.41) is 0. The van der Waals surface area contributed by atoms with Gasteiger partial charge >= 0.3 is 21.1 Å². The molecule has 0 radical (unpaired) electrons. The Hall–Kier alpha value is 2.30. The third-order valence-electron chi connectivity index (χ3n) is 0. The Morgan fingerprint density at radius 1 is 1.43 bits per heavy atom. The van der Waals surface area contributed by atoms with Crippen LogP contribution in [0.5, 0.6) is 0 Å². The molecule has 0 heterocycles. The van der Waals surface area contributed by atoms with E-state index in [1.807, 2.05) is 0 Å². The van der Waals surface area contributed by atoms with Gasteiger partial charge in [-0.15, -0.1) is 0 Å². The molecule has 0 saturated carbocycles. The summed E-state index contributed by atoms with van der Waals surface area (Å²) < 4.78 is 0. The summed E-state index contributed by atoms with van der Waals surface area (Å²) >= 11 is 7.28. The standard InChI is InChI=1S/Mo.H3O2PS2.W/c;1-3(2,4)5;/h;(H3,1,2,4,5);/q+4;;/p-3. The van der Waals surface area contributed by atoms with E-state index in [4.69, 9.17) is 0 Å². The summed E-state index contributed by atoms with van der Waals surface area (Å²) in [4.78, 5) is 18.6. The Bertz CT molecular complexity index is 61.8. The minimum atomic E-state index is -3.72. The molecule has 40 valence electrons. The van der Waals surface area contributed by atoms with E-state index >= 15 is 0 Å². The van der Waals surface area contributed by atoms with Gasteiger partial charge in [-0.2, -0.15) is 11.8 Å². The Labute approximate surface area is 80.9 Å². The van der Waals surface area contributed by atoms with Crippen LogP contribution in [0.25, 0.3) is 0 Å². The number of hydrogen-bond donors (Lipinski definition) is 0. The van der Waals surface area contributed by atoms with Crippen LogP contribution in [0.2, 0.25) is 0 Å². The van der Waals surface area contributed by atoms with E-state index in [-0.39, 0.29) is 42.1 Å². The van der Waals surface area contributed by atoms with Crippen molar-refractivity contribution in [3.05, 3.63) is 0 Å². The van der Waals surface area contributed by atoms with Crippen molar-refractivity contribution in [1.29, 1.82) is 0 Å². The second kappa shape index (κ2) is 6.42. The smallest absolute Gasteiger partial charge is 0.850 e. The van der Waals surface area contributed by atoms with Crippen LogP contribution in [0.3, 0.4) is 0 Å². The first-order valence-corrected chi connectivity index (χ1v) is 4.38. The van der Waals surface area contributed by atoms with Crippen molar-refractivity contribution >= 4 is 29.7 Å². The fourth-order valence-electron chi connectivity index (χ4n) is 0. The fraction of sp³-hybridized carbons (Fsp3) is 0. The SMILES string of the molecule is [Mo+4].[O-]P([O-])(=S)[S-].[W]. The van der Waals surface area contributed by atoms with E-state index in [9.17, 15) is 9.79 Å². The molecule has 0 aliphatic rings. The molecule has 2 nitrogen and oxygen atoms in total. The summed E-state index contributed by atoms with van der Waals surface area (Å²) in [6, 6.07) is 0. The molecule has 0 bridgehead atoms. The van der Waals surface area contributed by atoms with Gasteiger partial charge in [0.25, 0.3) is 0 Å². The molecule has 0 rings (SSSR count). The van der Waals surface area contributed by atoms with Gasteiger partial charge in [-0.1, -0.05) is 0 Å². The van der Waals surface area contributed by atoms with Crippen LogP contribution in [0.1, 0.15) is 0 Å². The zero-order chi connectivity index (χ0) is 4.50. The predicted octanol–water partition coefficient (Wildman–Crippen LogP) is -1.53. The van der Waals surface area contributed by atoms with Crippen LogP contribution in [0, 0.1) is 0 Å². The van der Waals surface area contributed by atoms with E-state index in [1.54, 1.807) is 0 Å². The van der Waals surface area contributed by atoms with Crippen LogP contribution in [0.15, 0.2) is 0 Å². The Morgan fingerprint density at radius 2 is 1.43 bits per heavy atom. The summed E-state index contributed by atoms with van der Waals surface area (Å²) in [7, 11) is 0. The molecular formula is MoO2PS2W+. The van der Waals surface area contributed by atoms with Gasteiger partial charge in [0.1, 0.15) is 0 Å². The van der Waals surface area contributed by atoms with Gasteiger partial charge < -0.3 is 27.7 Å². The first kappa shape index (κ1) is 16.1. The Balaban J connectivity index is -0.0000000800. The van der Waals surface area contributed by atoms with Gasteiger partial charge in [0.2, 0.25) is 0 Å². The molecule has 7 heteroatoms. The van der Waals surface area contributed by atoms with Crippen molar-refractivity contribution in [3.63, 3.8) is 0 Å². The van der Waals surface area contributed by atoms with Gasteiger partial charge in [0.05, 0.1) is 0 Å². The van der Waals surface area contributed by atoms with Crippen LogP contribution >= 0.6 is 5.69 Å². The average molecular weight is 407 g/mol. The van der Waals surface area contributed by atoms with Gasteiger partial charge in [0, 0.05) is 21.1 Å². The second-order valence-corrected chi connectivity index (χ2v) is 4.92. The summed E-state index contributed by atoms with van der Waals surface area (Å²) in [6.45, 7) is 0. The summed E-state index contributed by atoms with van der Waals surface area (Å²) in [5.74, 6) is 0. The van der Waals surface area contributed by atoms with Crippen molar-refractivity contribution in [2.75, 3.05) is 0 Å². The summed E-state index contributed by atoms with van der Waals surface area (Å²) in [6.07, 6.45) is 0. The maximum atomic E-state index is 9.29. The fourth-order valence-corrected chi connectivity index (χ4v) is 0. The number of hydrogen-bond acceptors (Lipinski definition) is 4. The molecule has 0 N–H and O–H groups in total. The van der Waals surface area contributed by atoms with E-state index < -0.39 is 5.69 Å². The van der Waals surface area contributed by atoms with Gasteiger partial charge in [-0.25, -0.2) is 0 Å². The molecule has 0 fully saturated rings. The quantitative estimate of drug-likeness (QED) is 0.278. The molecule has 0 aliphatic heterocycles. The molecule has 0 amide bonds. The molecule has 0 atom stereocenters. The van der Waals surface area contributed by atoms with Gasteiger partial charge in [0.15, 0.2) is 0 Å². The van der Waals surface area contributed by atoms with Crippen LogP contribution in [-0.4, -0.2) is 0 Å². The van der Waals surface area contributed by atoms with E-state index in [0.29, 0.717) is 0 Å². The molecule has 0 saturated heterocycles. The van der Waals surface area contributed by atoms with E-state index in [1.165, 1.54) is 0 Å². The zero-order valence-electron chi connectivity index (χ0n) is 2.90. The Kier molecular flexibility index (Phi) is 14.8. The van der Waals surface area contributed by atoms with Gasteiger partial charge in [-0.3, -0.25) is 0 Å². The monoisotopic (exact) mass is 409 g/mol. The molecule has 0 spiro atoms. The van der Waals surface area contributed by atoms with Crippen LogP contribution in [-0.2, 0) is 66.2 Å². The van der Waals surface area contributed by atoms with Crippen molar-refractivity contribution < 1.29 is 51.9 Å². The minimum Gasteiger partial charge on any atom is -0.850 e. The largest absolute Gasteiger partial charge is 4.00 e. The molecule has 0 aromatic carbocycles. The minimum absolute atomic E-state index is 0. The maximum absolute atomic E-state index is 9.29. The first-order chi connectivity index (χ1) is 2.00. The van der Waals surface area contributed by atoms with E-state index in [2.05, 4.69) is 24.1 Å². The normalized spacial score (nSPS) is 8.43. The van der Waals surface area contributed by atoms with E-state index in [0.717, 1.165) is 0 Å². The number of rotatable bonds is 0. The molecule has 0 unspecified atom stereocenters. The molecular weight excluding hydrogens is 407 g/mol. The zero-order valence-corrected chi connectivity index (χ0v) is 10.4. The molecule has 7 heavy (non-hydrogen) atoms. The molecule has 0 aromatic rings. The first-order valence-electron chi connectivity index (χ1n) is 0.730. The van der Waals surface area contributed by atoms with Crippen LogP contribution in [0.4, 0.5) is 0 Å². The van der Waals surface area contributed by atoms with Crippen molar-refractivity contribution in [3.8, 4) is 0 Å². The third-order valence-corrected chi connectivity index (χ3v) is 0. The topological polar surface area (TPSA) is 46.1 Å². The molecule has 0 aromatic heterocycles. The Morgan fingerprint density at radius 3 is 1.43 bits per heavy atom. The van der Waals surface area contributed by atoms with Crippen molar-refractivity contribution in [2.24, 2.45) is 0 Å². The van der Waals surface area contributed by atoms with Crippen molar-refractivity contribution in [1.82, 2.24) is 0 Å². The van der Waals surface area contributed by atoms with Crippen molar-refractivity contribution in [2.45, 2.75) is 0 Å². The predicted molar refractivity (Wildman–Crippen MR) is 21.6 cm³/mol. The summed E-state index contributed by atoms with van der Waals surface area (Å²) in [5.41, 5.74) is -3.72. The molecule has 0 aliphatic carbocycles. The van der Waals surface area contributed by atoms with Crippen LogP contribution < -0.4 is 9.79 Å². The van der Waals surface area contributed by atoms with Gasteiger partial charge in [-0.05, 0) is 0 Å². The average Bonchev–Trinajstić information content (AvgIpc) is 0.722.